The fraction of sp³-hybridized carbons (Fsp3) is 0.417. The van der Waals surface area contributed by atoms with Crippen LogP contribution in [0.3, 0.4) is 0 Å². The molecule has 0 amide bonds. The van der Waals surface area contributed by atoms with E-state index in [0.717, 1.165) is 11.1 Å². The standard InChI is InChI=1S/C12H17NO3/c1-9(12(15)16-2)13-7-10-4-3-5-11(6-10)8-14/h3-6,9,13-14H,7-8H2,1-2H3. The Hall–Kier alpha value is -1.39. The van der Waals surface area contributed by atoms with Crippen LogP contribution < -0.4 is 5.32 Å². The maximum absolute atomic E-state index is 11.1. The quantitative estimate of drug-likeness (QED) is 0.726. The van der Waals surface area contributed by atoms with Crippen LogP contribution in [0, 0.1) is 0 Å². The normalized spacial score (nSPS) is 12.2. The zero-order chi connectivity index (χ0) is 12.0. The largest absolute Gasteiger partial charge is 0.468 e. The fourth-order valence-corrected chi connectivity index (χ4v) is 1.37. The van der Waals surface area contributed by atoms with Gasteiger partial charge in [0.1, 0.15) is 6.04 Å². The predicted octanol–water partition coefficient (Wildman–Crippen LogP) is 0.830. The van der Waals surface area contributed by atoms with Gasteiger partial charge in [-0.15, -0.1) is 0 Å². The number of methoxy groups -OCH3 is 1. The van der Waals surface area contributed by atoms with Crippen LogP contribution >= 0.6 is 0 Å². The summed E-state index contributed by atoms with van der Waals surface area (Å²) in [5, 5.41) is 12.0. The lowest BCUT2D eigenvalue weighted by atomic mass is 10.1. The molecule has 0 aliphatic carbocycles. The van der Waals surface area contributed by atoms with Crippen LogP contribution in [0.25, 0.3) is 0 Å². The molecule has 0 aromatic heterocycles. The number of aliphatic hydroxyl groups excluding tert-OH is 1. The smallest absolute Gasteiger partial charge is 0.322 e. The number of ether oxygens (including phenoxy) is 1. The molecule has 0 heterocycles. The van der Waals surface area contributed by atoms with Crippen molar-refractivity contribution in [3.05, 3.63) is 35.4 Å². The van der Waals surface area contributed by atoms with Crippen LogP contribution in [0.15, 0.2) is 24.3 Å². The lowest BCUT2D eigenvalue weighted by Crippen LogP contribution is -2.34. The Morgan fingerprint density at radius 1 is 1.50 bits per heavy atom. The summed E-state index contributed by atoms with van der Waals surface area (Å²) in [6, 6.07) is 7.24. The number of hydrogen-bond donors (Lipinski definition) is 2. The molecule has 4 nitrogen and oxygen atoms in total. The van der Waals surface area contributed by atoms with Crippen LogP contribution in [-0.4, -0.2) is 24.2 Å². The Labute approximate surface area is 95.2 Å². The van der Waals surface area contributed by atoms with Crippen molar-refractivity contribution in [1.29, 1.82) is 0 Å². The van der Waals surface area contributed by atoms with Crippen LogP contribution in [-0.2, 0) is 22.7 Å². The Morgan fingerprint density at radius 2 is 2.19 bits per heavy atom. The van der Waals surface area contributed by atoms with E-state index >= 15 is 0 Å². The molecule has 88 valence electrons. The van der Waals surface area contributed by atoms with E-state index < -0.39 is 0 Å². The third kappa shape index (κ3) is 3.64. The van der Waals surface area contributed by atoms with Crippen LogP contribution in [0.1, 0.15) is 18.1 Å². The average molecular weight is 223 g/mol. The third-order valence-electron chi connectivity index (χ3n) is 2.34. The first kappa shape index (κ1) is 12.7. The fourth-order valence-electron chi connectivity index (χ4n) is 1.37. The minimum Gasteiger partial charge on any atom is -0.468 e. The van der Waals surface area contributed by atoms with Crippen LogP contribution in [0.5, 0.6) is 0 Å². The van der Waals surface area contributed by atoms with Gasteiger partial charge in [-0.1, -0.05) is 24.3 Å². The third-order valence-corrected chi connectivity index (χ3v) is 2.34. The van der Waals surface area contributed by atoms with Crippen molar-refractivity contribution in [2.45, 2.75) is 26.1 Å². The zero-order valence-electron chi connectivity index (χ0n) is 9.56. The maximum Gasteiger partial charge on any atom is 0.322 e. The number of esters is 1. The highest BCUT2D eigenvalue weighted by Gasteiger charge is 2.11. The summed E-state index contributed by atoms with van der Waals surface area (Å²) in [4.78, 5) is 11.1. The zero-order valence-corrected chi connectivity index (χ0v) is 9.56. The van der Waals surface area contributed by atoms with Gasteiger partial charge in [-0.3, -0.25) is 4.79 Å². The molecule has 0 radical (unpaired) electrons. The molecule has 1 rings (SSSR count). The highest BCUT2D eigenvalue weighted by Crippen LogP contribution is 2.05. The topological polar surface area (TPSA) is 58.6 Å². The monoisotopic (exact) mass is 223 g/mol. The van der Waals surface area contributed by atoms with Gasteiger partial charge in [0.25, 0.3) is 0 Å². The summed E-state index contributed by atoms with van der Waals surface area (Å²) in [6.07, 6.45) is 0. The molecule has 0 aliphatic rings. The summed E-state index contributed by atoms with van der Waals surface area (Å²) >= 11 is 0. The van der Waals surface area contributed by atoms with E-state index in [1.165, 1.54) is 7.11 Å². The summed E-state index contributed by atoms with van der Waals surface area (Å²) in [5.41, 5.74) is 1.90. The molecular weight excluding hydrogens is 206 g/mol. The molecule has 0 saturated carbocycles. The molecule has 0 spiro atoms. The van der Waals surface area contributed by atoms with Crippen LogP contribution in [0.4, 0.5) is 0 Å². The molecule has 0 fully saturated rings. The highest BCUT2D eigenvalue weighted by molar-refractivity contribution is 5.75. The molecule has 0 bridgehead atoms. The SMILES string of the molecule is COC(=O)C(C)NCc1cccc(CO)c1. The van der Waals surface area contributed by atoms with Gasteiger partial charge in [-0.05, 0) is 18.1 Å². The second kappa shape index (κ2) is 6.25. The average Bonchev–Trinajstić information content (AvgIpc) is 2.35. The van der Waals surface area contributed by atoms with E-state index in [1.807, 2.05) is 24.3 Å². The molecule has 1 unspecified atom stereocenters. The number of aliphatic hydroxyl groups is 1. The minimum atomic E-state index is -0.331. The highest BCUT2D eigenvalue weighted by atomic mass is 16.5. The van der Waals surface area contributed by atoms with Crippen molar-refractivity contribution in [2.75, 3.05) is 7.11 Å². The Bertz CT molecular complexity index is 352. The van der Waals surface area contributed by atoms with E-state index in [4.69, 9.17) is 5.11 Å². The summed E-state index contributed by atoms with van der Waals surface area (Å²) in [5.74, 6) is -0.279. The molecule has 16 heavy (non-hydrogen) atoms. The summed E-state index contributed by atoms with van der Waals surface area (Å²) in [6.45, 7) is 2.35. The van der Waals surface area contributed by atoms with Crippen LogP contribution in [0.2, 0.25) is 0 Å². The lowest BCUT2D eigenvalue weighted by molar-refractivity contribution is -0.142. The number of benzene rings is 1. The van der Waals surface area contributed by atoms with E-state index in [2.05, 4.69) is 10.1 Å². The lowest BCUT2D eigenvalue weighted by Gasteiger charge is -2.11. The van der Waals surface area contributed by atoms with Gasteiger partial charge in [0.05, 0.1) is 13.7 Å². The molecule has 1 atom stereocenters. The van der Waals surface area contributed by atoms with E-state index in [1.54, 1.807) is 6.92 Å². The predicted molar refractivity (Wildman–Crippen MR) is 60.7 cm³/mol. The van der Waals surface area contributed by atoms with Crippen molar-refractivity contribution in [1.82, 2.24) is 5.32 Å². The maximum atomic E-state index is 11.1. The molecule has 4 heteroatoms. The number of carbonyl (C=O) groups excluding carboxylic acids is 1. The van der Waals surface area contributed by atoms with Gasteiger partial charge < -0.3 is 15.2 Å². The summed E-state index contributed by atoms with van der Waals surface area (Å²) in [7, 11) is 1.37. The van der Waals surface area contributed by atoms with Gasteiger partial charge in [0.2, 0.25) is 0 Å². The first-order valence-electron chi connectivity index (χ1n) is 5.17. The van der Waals surface area contributed by atoms with E-state index in [-0.39, 0.29) is 18.6 Å². The Morgan fingerprint density at radius 3 is 2.81 bits per heavy atom. The first-order valence-corrected chi connectivity index (χ1v) is 5.17. The molecular formula is C12H17NO3. The van der Waals surface area contributed by atoms with Crippen molar-refractivity contribution < 1.29 is 14.6 Å². The molecule has 0 aliphatic heterocycles. The molecule has 2 N–H and O–H groups in total. The first-order chi connectivity index (χ1) is 7.67. The number of carbonyl (C=O) groups is 1. The van der Waals surface area contributed by atoms with Gasteiger partial charge in [0, 0.05) is 6.54 Å². The van der Waals surface area contributed by atoms with Gasteiger partial charge >= 0.3 is 5.97 Å². The second-order valence-corrected chi connectivity index (χ2v) is 3.60. The summed E-state index contributed by atoms with van der Waals surface area (Å²) < 4.78 is 4.60. The van der Waals surface area contributed by atoms with Crippen molar-refractivity contribution in [3.63, 3.8) is 0 Å². The number of hydrogen-bond acceptors (Lipinski definition) is 4. The Kier molecular flexibility index (Phi) is 4.95. The van der Waals surface area contributed by atoms with Crippen molar-refractivity contribution in [2.24, 2.45) is 0 Å². The molecule has 0 saturated heterocycles. The van der Waals surface area contributed by atoms with Gasteiger partial charge in [-0.25, -0.2) is 0 Å². The molecule has 1 aromatic rings. The Balaban J connectivity index is 2.51. The molecule has 1 aromatic carbocycles. The van der Waals surface area contributed by atoms with E-state index in [9.17, 15) is 4.79 Å². The number of rotatable bonds is 5. The minimum absolute atomic E-state index is 0.0282. The van der Waals surface area contributed by atoms with Crippen molar-refractivity contribution >= 4 is 5.97 Å². The van der Waals surface area contributed by atoms with Gasteiger partial charge in [0.15, 0.2) is 0 Å². The van der Waals surface area contributed by atoms with E-state index in [0.29, 0.717) is 6.54 Å². The number of nitrogens with one attached hydrogen (secondary N) is 1. The van der Waals surface area contributed by atoms with Gasteiger partial charge in [-0.2, -0.15) is 0 Å². The second-order valence-electron chi connectivity index (χ2n) is 3.60. The van der Waals surface area contributed by atoms with Crippen molar-refractivity contribution in [3.8, 4) is 0 Å².